The summed E-state index contributed by atoms with van der Waals surface area (Å²) in [5.41, 5.74) is 0. The highest BCUT2D eigenvalue weighted by molar-refractivity contribution is 5.75. The summed E-state index contributed by atoms with van der Waals surface area (Å²) in [6, 6.07) is 0. The molecule has 0 aliphatic carbocycles. The van der Waals surface area contributed by atoms with Crippen molar-refractivity contribution in [3.8, 4) is 0 Å². The minimum atomic E-state index is 0.228. The zero-order valence-corrected chi connectivity index (χ0v) is 5.81. The van der Waals surface area contributed by atoms with Crippen LogP contribution in [0.15, 0.2) is 12.7 Å². The van der Waals surface area contributed by atoms with Crippen LogP contribution in [0.4, 0.5) is 0 Å². The smallest absolute Gasteiger partial charge is 0.131 e. The van der Waals surface area contributed by atoms with Crippen LogP contribution in [0, 0.1) is 0 Å². The molecule has 52 valence electrons. The standard InChI is InChI=1S/C7H13NO/c1-3-5-8-6-4-7(2)9/h3,8H,1,4-6H2,2H3. The van der Waals surface area contributed by atoms with E-state index in [1.807, 2.05) is 0 Å². The third-order valence-electron chi connectivity index (χ3n) is 0.943. The van der Waals surface area contributed by atoms with E-state index in [9.17, 15) is 4.79 Å². The molecule has 0 bridgehead atoms. The topological polar surface area (TPSA) is 29.1 Å². The van der Waals surface area contributed by atoms with Crippen molar-refractivity contribution in [3.05, 3.63) is 12.7 Å². The van der Waals surface area contributed by atoms with E-state index in [0.29, 0.717) is 6.42 Å². The van der Waals surface area contributed by atoms with Crippen LogP contribution in [-0.4, -0.2) is 18.9 Å². The first-order chi connectivity index (χ1) is 4.27. The number of hydrogen-bond donors (Lipinski definition) is 1. The summed E-state index contributed by atoms with van der Waals surface area (Å²) in [6.07, 6.45) is 2.40. The molecule has 2 heteroatoms. The van der Waals surface area contributed by atoms with Gasteiger partial charge >= 0.3 is 0 Å². The summed E-state index contributed by atoms with van der Waals surface area (Å²) in [5.74, 6) is 0.228. The summed E-state index contributed by atoms with van der Waals surface area (Å²) in [5, 5.41) is 3.03. The Labute approximate surface area is 56.0 Å². The first-order valence-corrected chi connectivity index (χ1v) is 3.08. The number of hydrogen-bond acceptors (Lipinski definition) is 2. The van der Waals surface area contributed by atoms with E-state index >= 15 is 0 Å². The second-order valence-corrected chi connectivity index (χ2v) is 1.94. The van der Waals surface area contributed by atoms with Crippen LogP contribution in [0.25, 0.3) is 0 Å². The van der Waals surface area contributed by atoms with Gasteiger partial charge in [0.15, 0.2) is 0 Å². The van der Waals surface area contributed by atoms with Gasteiger partial charge in [-0.1, -0.05) is 6.08 Å². The summed E-state index contributed by atoms with van der Waals surface area (Å²) < 4.78 is 0. The zero-order chi connectivity index (χ0) is 7.11. The number of rotatable bonds is 5. The van der Waals surface area contributed by atoms with E-state index in [1.54, 1.807) is 13.0 Å². The molecule has 0 amide bonds. The highest BCUT2D eigenvalue weighted by Crippen LogP contribution is 1.76. The fraction of sp³-hybridized carbons (Fsp3) is 0.571. The number of carbonyl (C=O) groups excluding carboxylic acids is 1. The molecule has 0 spiro atoms. The molecule has 0 atom stereocenters. The quantitative estimate of drug-likeness (QED) is 0.436. The van der Waals surface area contributed by atoms with Crippen molar-refractivity contribution >= 4 is 5.78 Å². The van der Waals surface area contributed by atoms with E-state index in [4.69, 9.17) is 0 Å². The maximum atomic E-state index is 10.3. The molecule has 0 saturated heterocycles. The van der Waals surface area contributed by atoms with Gasteiger partial charge in [0.2, 0.25) is 0 Å². The summed E-state index contributed by atoms with van der Waals surface area (Å²) >= 11 is 0. The lowest BCUT2D eigenvalue weighted by Crippen LogP contribution is -2.16. The molecule has 1 N–H and O–H groups in total. The lowest BCUT2D eigenvalue weighted by molar-refractivity contribution is -0.116. The molecule has 0 heterocycles. The second kappa shape index (κ2) is 5.51. The minimum Gasteiger partial charge on any atom is -0.313 e. The largest absolute Gasteiger partial charge is 0.313 e. The SMILES string of the molecule is C=CCNCCC(C)=O. The van der Waals surface area contributed by atoms with E-state index < -0.39 is 0 Å². The lowest BCUT2D eigenvalue weighted by atomic mass is 10.3. The molecule has 9 heavy (non-hydrogen) atoms. The highest BCUT2D eigenvalue weighted by Gasteiger charge is 1.89. The van der Waals surface area contributed by atoms with Crippen molar-refractivity contribution < 1.29 is 4.79 Å². The maximum absolute atomic E-state index is 10.3. The Morgan fingerprint density at radius 3 is 2.89 bits per heavy atom. The molecule has 0 aliphatic heterocycles. The number of nitrogens with one attached hydrogen (secondary N) is 1. The fourth-order valence-electron chi connectivity index (χ4n) is 0.469. The first kappa shape index (κ1) is 8.37. The molecular formula is C7H13NO. The van der Waals surface area contributed by atoms with E-state index in [2.05, 4.69) is 11.9 Å². The van der Waals surface area contributed by atoms with Crippen LogP contribution in [0.1, 0.15) is 13.3 Å². The summed E-state index contributed by atoms with van der Waals surface area (Å²) in [7, 11) is 0. The Hall–Kier alpha value is -0.630. The molecular weight excluding hydrogens is 114 g/mol. The van der Waals surface area contributed by atoms with Crippen LogP contribution < -0.4 is 5.32 Å². The minimum absolute atomic E-state index is 0.228. The van der Waals surface area contributed by atoms with E-state index in [-0.39, 0.29) is 5.78 Å². The van der Waals surface area contributed by atoms with E-state index in [1.165, 1.54) is 0 Å². The van der Waals surface area contributed by atoms with Crippen LogP contribution in [0.2, 0.25) is 0 Å². The average molecular weight is 127 g/mol. The predicted molar refractivity (Wildman–Crippen MR) is 38.4 cm³/mol. The number of ketones is 1. The van der Waals surface area contributed by atoms with Crippen LogP contribution in [-0.2, 0) is 4.79 Å². The van der Waals surface area contributed by atoms with Crippen molar-refractivity contribution in [1.29, 1.82) is 0 Å². The van der Waals surface area contributed by atoms with Crippen molar-refractivity contribution in [2.75, 3.05) is 13.1 Å². The monoisotopic (exact) mass is 127 g/mol. The predicted octanol–water partition coefficient (Wildman–Crippen LogP) is 0.741. The normalized spacial score (nSPS) is 9.00. The third-order valence-corrected chi connectivity index (χ3v) is 0.943. The molecule has 0 radical (unpaired) electrons. The van der Waals surface area contributed by atoms with Gasteiger partial charge < -0.3 is 5.32 Å². The Morgan fingerprint density at radius 1 is 1.78 bits per heavy atom. The molecule has 0 aromatic carbocycles. The Kier molecular flexibility index (Phi) is 5.12. The molecule has 0 aliphatic rings. The van der Waals surface area contributed by atoms with Crippen molar-refractivity contribution in [2.24, 2.45) is 0 Å². The van der Waals surface area contributed by atoms with Crippen LogP contribution >= 0.6 is 0 Å². The molecule has 2 nitrogen and oxygen atoms in total. The number of Topliss-reactive ketones (excluding diaryl/α,β-unsaturated/α-hetero) is 1. The Balaban J connectivity index is 2.91. The van der Waals surface area contributed by atoms with Gasteiger partial charge in [-0.25, -0.2) is 0 Å². The van der Waals surface area contributed by atoms with Gasteiger partial charge in [-0.15, -0.1) is 6.58 Å². The van der Waals surface area contributed by atoms with Gasteiger partial charge in [0.1, 0.15) is 5.78 Å². The maximum Gasteiger partial charge on any atom is 0.131 e. The van der Waals surface area contributed by atoms with Gasteiger partial charge in [0.05, 0.1) is 0 Å². The fourth-order valence-corrected chi connectivity index (χ4v) is 0.469. The molecule has 0 rings (SSSR count). The van der Waals surface area contributed by atoms with Gasteiger partial charge in [0.25, 0.3) is 0 Å². The van der Waals surface area contributed by atoms with Crippen molar-refractivity contribution in [3.63, 3.8) is 0 Å². The lowest BCUT2D eigenvalue weighted by Gasteiger charge is -1.95. The highest BCUT2D eigenvalue weighted by atomic mass is 16.1. The molecule has 0 aromatic rings. The second-order valence-electron chi connectivity index (χ2n) is 1.94. The van der Waals surface area contributed by atoms with Gasteiger partial charge in [-0.3, -0.25) is 4.79 Å². The van der Waals surface area contributed by atoms with Gasteiger partial charge in [-0.2, -0.15) is 0 Å². The molecule has 0 aromatic heterocycles. The zero-order valence-electron chi connectivity index (χ0n) is 5.81. The molecule has 0 unspecified atom stereocenters. The van der Waals surface area contributed by atoms with Crippen LogP contribution in [0.3, 0.4) is 0 Å². The average Bonchev–Trinajstić information content (AvgIpc) is 1.80. The number of carbonyl (C=O) groups is 1. The van der Waals surface area contributed by atoms with Gasteiger partial charge in [0, 0.05) is 19.5 Å². The van der Waals surface area contributed by atoms with Gasteiger partial charge in [-0.05, 0) is 6.92 Å². The molecule has 0 saturated carbocycles. The van der Waals surface area contributed by atoms with Crippen LogP contribution in [0.5, 0.6) is 0 Å². The molecule has 0 fully saturated rings. The van der Waals surface area contributed by atoms with Crippen molar-refractivity contribution in [1.82, 2.24) is 5.32 Å². The van der Waals surface area contributed by atoms with Crippen molar-refractivity contribution in [2.45, 2.75) is 13.3 Å². The summed E-state index contributed by atoms with van der Waals surface area (Å²) in [4.78, 5) is 10.3. The van der Waals surface area contributed by atoms with E-state index in [0.717, 1.165) is 13.1 Å². The Bertz CT molecular complexity index is 99.1. The Morgan fingerprint density at radius 2 is 2.44 bits per heavy atom. The first-order valence-electron chi connectivity index (χ1n) is 3.08. The summed E-state index contributed by atoms with van der Waals surface area (Å²) in [6.45, 7) is 6.67. The third kappa shape index (κ3) is 7.37.